The number of hydrogen-bond donors (Lipinski definition) is 1. The van der Waals surface area contributed by atoms with E-state index in [1.165, 1.54) is 12.1 Å². The Balaban J connectivity index is 2.16. The lowest BCUT2D eigenvalue weighted by Crippen LogP contribution is -2.63. The third kappa shape index (κ3) is 1.68. The minimum Gasteiger partial charge on any atom is -0.465 e. The molecule has 0 spiro atoms. The summed E-state index contributed by atoms with van der Waals surface area (Å²) in [5.74, 6) is -0.406. The molecule has 0 saturated carbocycles. The summed E-state index contributed by atoms with van der Waals surface area (Å²) >= 11 is 0. The Kier molecular flexibility index (Phi) is 2.46. The summed E-state index contributed by atoms with van der Waals surface area (Å²) in [5.41, 5.74) is -0.950. The number of likely N-dealkylation sites (tertiary alicyclic amines) is 1. The quantitative estimate of drug-likeness (QED) is 0.840. The molecule has 1 N–H and O–H groups in total. The minimum absolute atomic E-state index is 0.0796. The lowest BCUT2D eigenvalue weighted by molar-refractivity contribution is -0.126. The van der Waals surface area contributed by atoms with Gasteiger partial charge in [0.2, 0.25) is 0 Å². The van der Waals surface area contributed by atoms with Crippen LogP contribution in [-0.2, 0) is 0 Å². The predicted molar refractivity (Wildman–Crippen MR) is 54.8 cm³/mol. The largest absolute Gasteiger partial charge is 0.465 e. The zero-order valence-electron chi connectivity index (χ0n) is 8.81. The molecule has 1 saturated heterocycles. The van der Waals surface area contributed by atoms with E-state index < -0.39 is 17.6 Å². The number of nitrogens with zero attached hydrogens (tertiary/aromatic N) is 1. The van der Waals surface area contributed by atoms with Crippen LogP contribution in [0.5, 0.6) is 5.75 Å². The van der Waals surface area contributed by atoms with E-state index in [4.69, 9.17) is 9.84 Å². The SMILES string of the molecule is CC1(Oc2ccccc2F)CCN1C(=O)O. The van der Waals surface area contributed by atoms with Gasteiger partial charge in [-0.05, 0) is 19.1 Å². The molecule has 86 valence electrons. The summed E-state index contributed by atoms with van der Waals surface area (Å²) < 4.78 is 18.7. The molecule has 16 heavy (non-hydrogen) atoms. The number of benzene rings is 1. The van der Waals surface area contributed by atoms with E-state index in [9.17, 15) is 9.18 Å². The molecule has 4 nitrogen and oxygen atoms in total. The molecule has 5 heteroatoms. The van der Waals surface area contributed by atoms with Crippen LogP contribution in [0.2, 0.25) is 0 Å². The molecule has 2 rings (SSSR count). The molecule has 1 amide bonds. The van der Waals surface area contributed by atoms with E-state index in [2.05, 4.69) is 0 Å². The van der Waals surface area contributed by atoms with E-state index >= 15 is 0 Å². The summed E-state index contributed by atoms with van der Waals surface area (Å²) in [5, 5.41) is 8.87. The average Bonchev–Trinajstić information content (AvgIpc) is 2.19. The molecule has 1 heterocycles. The summed E-state index contributed by atoms with van der Waals surface area (Å²) in [6.07, 6.45) is -0.488. The van der Waals surface area contributed by atoms with Crippen molar-refractivity contribution in [2.75, 3.05) is 6.54 Å². The van der Waals surface area contributed by atoms with E-state index in [-0.39, 0.29) is 5.75 Å². The summed E-state index contributed by atoms with van der Waals surface area (Å²) in [7, 11) is 0. The number of carbonyl (C=O) groups is 1. The van der Waals surface area contributed by atoms with Crippen molar-refractivity contribution in [1.29, 1.82) is 0 Å². The average molecular weight is 225 g/mol. The van der Waals surface area contributed by atoms with Crippen LogP contribution in [0, 0.1) is 5.82 Å². The second-order valence-electron chi connectivity index (χ2n) is 3.89. The summed E-state index contributed by atoms with van der Waals surface area (Å²) in [6, 6.07) is 5.97. The van der Waals surface area contributed by atoms with Gasteiger partial charge in [-0.3, -0.25) is 4.90 Å². The molecule has 1 aromatic rings. The Morgan fingerprint density at radius 1 is 1.56 bits per heavy atom. The number of rotatable bonds is 2. The van der Waals surface area contributed by atoms with Gasteiger partial charge in [0, 0.05) is 13.0 Å². The molecule has 0 bridgehead atoms. The Morgan fingerprint density at radius 3 is 2.75 bits per heavy atom. The van der Waals surface area contributed by atoms with Crippen molar-refractivity contribution >= 4 is 6.09 Å². The molecule has 0 radical (unpaired) electrons. The van der Waals surface area contributed by atoms with Crippen molar-refractivity contribution in [1.82, 2.24) is 4.90 Å². The van der Waals surface area contributed by atoms with Gasteiger partial charge in [0.1, 0.15) is 0 Å². The molecular formula is C11H12FNO3. The van der Waals surface area contributed by atoms with E-state index in [0.717, 1.165) is 4.90 Å². The van der Waals surface area contributed by atoms with Crippen molar-refractivity contribution < 1.29 is 19.0 Å². The first-order valence-corrected chi connectivity index (χ1v) is 4.97. The topological polar surface area (TPSA) is 49.8 Å². The Morgan fingerprint density at radius 2 is 2.25 bits per heavy atom. The zero-order chi connectivity index (χ0) is 11.8. The van der Waals surface area contributed by atoms with Gasteiger partial charge in [-0.1, -0.05) is 12.1 Å². The number of carboxylic acid groups (broad SMARTS) is 1. The maximum absolute atomic E-state index is 13.3. The lowest BCUT2D eigenvalue weighted by Gasteiger charge is -2.47. The van der Waals surface area contributed by atoms with Gasteiger partial charge < -0.3 is 9.84 Å². The smallest absolute Gasteiger partial charge is 0.410 e. The van der Waals surface area contributed by atoms with Crippen LogP contribution >= 0.6 is 0 Å². The van der Waals surface area contributed by atoms with E-state index in [1.807, 2.05) is 0 Å². The first-order chi connectivity index (χ1) is 7.53. The molecule has 1 aromatic carbocycles. The van der Waals surface area contributed by atoms with Crippen LogP contribution in [0.3, 0.4) is 0 Å². The van der Waals surface area contributed by atoms with E-state index in [0.29, 0.717) is 13.0 Å². The maximum Gasteiger partial charge on any atom is 0.410 e. The molecule has 1 atom stereocenters. The normalized spacial score (nSPS) is 23.8. The standard InChI is InChI=1S/C11H12FNO3/c1-11(6-7-13(11)10(14)15)16-9-5-3-2-4-8(9)12/h2-5H,6-7H2,1H3,(H,14,15). The third-order valence-corrected chi connectivity index (χ3v) is 2.77. The van der Waals surface area contributed by atoms with Crippen molar-refractivity contribution in [3.63, 3.8) is 0 Å². The highest BCUT2D eigenvalue weighted by atomic mass is 19.1. The van der Waals surface area contributed by atoms with Crippen LogP contribution < -0.4 is 4.74 Å². The molecule has 1 aliphatic rings. The predicted octanol–water partition coefficient (Wildman–Crippen LogP) is 2.30. The van der Waals surface area contributed by atoms with Crippen LogP contribution in [0.15, 0.2) is 24.3 Å². The molecule has 0 aliphatic carbocycles. The fraction of sp³-hybridized carbons (Fsp3) is 0.364. The van der Waals surface area contributed by atoms with Gasteiger partial charge in [-0.25, -0.2) is 9.18 Å². The van der Waals surface area contributed by atoms with Crippen molar-refractivity contribution in [2.45, 2.75) is 19.1 Å². The van der Waals surface area contributed by atoms with Gasteiger partial charge >= 0.3 is 6.09 Å². The highest BCUT2D eigenvalue weighted by molar-refractivity contribution is 5.67. The van der Waals surface area contributed by atoms with Crippen molar-refractivity contribution in [3.8, 4) is 5.75 Å². The molecule has 1 aliphatic heterocycles. The number of hydrogen-bond acceptors (Lipinski definition) is 2. The second kappa shape index (κ2) is 3.66. The first kappa shape index (κ1) is 10.7. The van der Waals surface area contributed by atoms with Gasteiger partial charge in [0.05, 0.1) is 0 Å². The fourth-order valence-electron chi connectivity index (χ4n) is 1.71. The lowest BCUT2D eigenvalue weighted by atomic mass is 10.0. The third-order valence-electron chi connectivity index (χ3n) is 2.77. The summed E-state index contributed by atoms with van der Waals surface area (Å²) in [6.45, 7) is 2.05. The number of ether oxygens (including phenoxy) is 1. The molecular weight excluding hydrogens is 213 g/mol. The maximum atomic E-state index is 13.3. The molecule has 1 fully saturated rings. The van der Waals surface area contributed by atoms with Gasteiger partial charge in [-0.2, -0.15) is 0 Å². The highest BCUT2D eigenvalue weighted by Gasteiger charge is 2.46. The zero-order valence-corrected chi connectivity index (χ0v) is 8.81. The second-order valence-corrected chi connectivity index (χ2v) is 3.89. The Labute approximate surface area is 92.2 Å². The monoisotopic (exact) mass is 225 g/mol. The number of para-hydroxylation sites is 1. The van der Waals surface area contributed by atoms with Crippen LogP contribution in [0.25, 0.3) is 0 Å². The van der Waals surface area contributed by atoms with Gasteiger partial charge in [0.15, 0.2) is 17.3 Å². The molecule has 1 unspecified atom stereocenters. The van der Waals surface area contributed by atoms with Gasteiger partial charge in [-0.15, -0.1) is 0 Å². The van der Waals surface area contributed by atoms with Crippen LogP contribution in [0.4, 0.5) is 9.18 Å². The highest BCUT2D eigenvalue weighted by Crippen LogP contribution is 2.33. The Hall–Kier alpha value is -1.78. The Bertz CT molecular complexity index is 423. The first-order valence-electron chi connectivity index (χ1n) is 4.97. The fourth-order valence-corrected chi connectivity index (χ4v) is 1.71. The molecule has 0 aromatic heterocycles. The van der Waals surface area contributed by atoms with Crippen molar-refractivity contribution in [3.05, 3.63) is 30.1 Å². The number of halogens is 1. The minimum atomic E-state index is -1.05. The van der Waals surface area contributed by atoms with E-state index in [1.54, 1.807) is 19.1 Å². The summed E-state index contributed by atoms with van der Waals surface area (Å²) in [4.78, 5) is 12.0. The van der Waals surface area contributed by atoms with Crippen LogP contribution in [0.1, 0.15) is 13.3 Å². The van der Waals surface area contributed by atoms with Crippen molar-refractivity contribution in [2.24, 2.45) is 0 Å². The van der Waals surface area contributed by atoms with Crippen LogP contribution in [-0.4, -0.2) is 28.4 Å². The van der Waals surface area contributed by atoms with Gasteiger partial charge in [0.25, 0.3) is 0 Å². The number of amides is 1.